The number of anilines is 3. The van der Waals surface area contributed by atoms with Crippen LogP contribution in [0, 0.1) is 0 Å². The van der Waals surface area contributed by atoms with Crippen molar-refractivity contribution in [2.24, 2.45) is 0 Å². The molecule has 1 saturated heterocycles. The third kappa shape index (κ3) is 3.03. The largest absolute Gasteiger partial charge is 0.383 e. The maximum Gasteiger partial charge on any atom is 0.223 e. The lowest BCUT2D eigenvalue weighted by Gasteiger charge is -2.25. The maximum atomic E-state index is 11.6. The van der Waals surface area contributed by atoms with Crippen LogP contribution in [-0.2, 0) is 5.60 Å². The summed E-state index contributed by atoms with van der Waals surface area (Å²) in [6.45, 7) is 2.54. The molecule has 4 N–H and O–H groups in total. The van der Waals surface area contributed by atoms with Crippen LogP contribution in [0.2, 0.25) is 0 Å². The van der Waals surface area contributed by atoms with E-state index in [1.54, 1.807) is 31.3 Å². The van der Waals surface area contributed by atoms with Crippen molar-refractivity contribution < 1.29 is 9.90 Å². The van der Waals surface area contributed by atoms with Crippen molar-refractivity contribution in [2.45, 2.75) is 18.9 Å². The van der Waals surface area contributed by atoms with Crippen LogP contribution in [0.1, 0.15) is 29.3 Å². The summed E-state index contributed by atoms with van der Waals surface area (Å²) >= 11 is 0. The quantitative estimate of drug-likeness (QED) is 0.729. The molecule has 1 aromatic carbocycles. The molecule has 7 heteroatoms. The Morgan fingerprint density at radius 1 is 1.38 bits per heavy atom. The van der Waals surface area contributed by atoms with Crippen LogP contribution in [0.3, 0.4) is 0 Å². The van der Waals surface area contributed by atoms with Crippen LogP contribution < -0.4 is 16.0 Å². The summed E-state index contributed by atoms with van der Waals surface area (Å²) in [5.74, 6) is 1.47. The summed E-state index contributed by atoms with van der Waals surface area (Å²) in [4.78, 5) is 21.9. The number of ketones is 1. The summed E-state index contributed by atoms with van der Waals surface area (Å²) in [5.41, 5.74) is 6.07. The Hall–Kier alpha value is -2.67. The summed E-state index contributed by atoms with van der Waals surface area (Å²) in [5, 5.41) is 14.0. The lowest BCUT2D eigenvalue weighted by atomic mass is 9.91. The van der Waals surface area contributed by atoms with E-state index in [2.05, 4.69) is 15.3 Å². The third-order valence-corrected chi connectivity index (χ3v) is 4.36. The maximum absolute atomic E-state index is 11.6. The fourth-order valence-electron chi connectivity index (χ4n) is 3.00. The van der Waals surface area contributed by atoms with E-state index in [0.717, 1.165) is 5.56 Å². The van der Waals surface area contributed by atoms with Gasteiger partial charge < -0.3 is 21.1 Å². The number of nitrogen functional groups attached to an aromatic ring is 1. The molecule has 0 bridgehead atoms. The van der Waals surface area contributed by atoms with Gasteiger partial charge in [0.1, 0.15) is 17.2 Å². The molecule has 1 unspecified atom stereocenters. The van der Waals surface area contributed by atoms with Gasteiger partial charge in [-0.1, -0.05) is 18.2 Å². The van der Waals surface area contributed by atoms with Gasteiger partial charge in [-0.2, -0.15) is 9.97 Å². The fourth-order valence-corrected chi connectivity index (χ4v) is 3.00. The van der Waals surface area contributed by atoms with Gasteiger partial charge >= 0.3 is 0 Å². The van der Waals surface area contributed by atoms with Gasteiger partial charge in [0.2, 0.25) is 5.95 Å². The van der Waals surface area contributed by atoms with Crippen LogP contribution in [-0.4, -0.2) is 41.0 Å². The number of nitrogens with two attached hydrogens (primary N) is 1. The van der Waals surface area contributed by atoms with Crippen molar-refractivity contribution in [3.05, 3.63) is 41.5 Å². The zero-order chi connectivity index (χ0) is 17.3. The first-order valence-electron chi connectivity index (χ1n) is 7.82. The van der Waals surface area contributed by atoms with E-state index < -0.39 is 5.60 Å². The highest BCUT2D eigenvalue weighted by atomic mass is 16.3. The van der Waals surface area contributed by atoms with Crippen molar-refractivity contribution in [3.63, 3.8) is 0 Å². The van der Waals surface area contributed by atoms with Gasteiger partial charge in [-0.15, -0.1) is 0 Å². The molecule has 1 aliphatic rings. The summed E-state index contributed by atoms with van der Waals surface area (Å²) in [7, 11) is 1.76. The number of carbonyl (C=O) groups is 1. The Kier molecular flexibility index (Phi) is 4.11. The summed E-state index contributed by atoms with van der Waals surface area (Å²) < 4.78 is 0. The van der Waals surface area contributed by atoms with Crippen molar-refractivity contribution in [2.75, 3.05) is 36.1 Å². The second-order valence-electron chi connectivity index (χ2n) is 6.06. The lowest BCUT2D eigenvalue weighted by Crippen LogP contribution is -2.31. The second-order valence-corrected chi connectivity index (χ2v) is 6.06. The van der Waals surface area contributed by atoms with Crippen LogP contribution in [0.25, 0.3) is 0 Å². The Morgan fingerprint density at radius 2 is 2.17 bits per heavy atom. The Balaban J connectivity index is 1.87. The van der Waals surface area contributed by atoms with E-state index in [9.17, 15) is 9.90 Å². The summed E-state index contributed by atoms with van der Waals surface area (Å²) in [6, 6.07) is 8.97. The molecule has 2 aromatic rings. The predicted molar refractivity (Wildman–Crippen MR) is 93.2 cm³/mol. The fraction of sp³-hybridized carbons (Fsp3) is 0.353. The highest BCUT2D eigenvalue weighted by molar-refractivity contribution is 5.94. The van der Waals surface area contributed by atoms with E-state index in [4.69, 9.17) is 5.73 Å². The van der Waals surface area contributed by atoms with Crippen LogP contribution in [0.15, 0.2) is 30.3 Å². The molecule has 0 aliphatic carbocycles. The first kappa shape index (κ1) is 16.2. The highest BCUT2D eigenvalue weighted by Crippen LogP contribution is 2.35. The van der Waals surface area contributed by atoms with Gasteiger partial charge in [0.05, 0.1) is 6.54 Å². The number of Topliss-reactive ketones (excluding diaryl/α,β-unsaturated/α-hetero) is 1. The summed E-state index contributed by atoms with van der Waals surface area (Å²) in [6.07, 6.45) is 0.549. The van der Waals surface area contributed by atoms with Gasteiger partial charge in [-0.3, -0.25) is 4.79 Å². The Morgan fingerprint density at radius 3 is 2.88 bits per heavy atom. The van der Waals surface area contributed by atoms with Crippen LogP contribution in [0.4, 0.5) is 17.6 Å². The van der Waals surface area contributed by atoms with Crippen molar-refractivity contribution in [1.29, 1.82) is 0 Å². The Labute approximate surface area is 140 Å². The minimum atomic E-state index is -1.02. The van der Waals surface area contributed by atoms with E-state index in [1.165, 1.54) is 6.92 Å². The average Bonchev–Trinajstić information content (AvgIpc) is 2.98. The molecule has 3 rings (SSSR count). The number of carbonyl (C=O) groups excluding carboxylic acids is 1. The molecule has 1 atom stereocenters. The number of nitrogens with zero attached hydrogens (tertiary/aromatic N) is 3. The molecular weight excluding hydrogens is 306 g/mol. The van der Waals surface area contributed by atoms with Crippen LogP contribution in [0.5, 0.6) is 0 Å². The van der Waals surface area contributed by atoms with E-state index in [0.29, 0.717) is 36.7 Å². The number of β-amino-alcohol motifs (C(OH)–C–C–N with tert-alkyl or cyclic N) is 1. The predicted octanol–water partition coefficient (Wildman–Crippen LogP) is 1.40. The van der Waals surface area contributed by atoms with Gasteiger partial charge in [-0.05, 0) is 25.0 Å². The SMILES string of the molecule is CNc1cc(N2CCC(O)(c3cccc(C(C)=O)c3)C2)nc(N)n1. The molecule has 7 nitrogen and oxygen atoms in total. The molecule has 1 aliphatic heterocycles. The lowest BCUT2D eigenvalue weighted by molar-refractivity contribution is 0.0605. The van der Waals surface area contributed by atoms with Crippen molar-refractivity contribution in [1.82, 2.24) is 9.97 Å². The molecule has 0 saturated carbocycles. The van der Waals surface area contributed by atoms with E-state index in [1.807, 2.05) is 11.0 Å². The Bertz CT molecular complexity index is 779. The molecule has 0 radical (unpaired) electrons. The highest BCUT2D eigenvalue weighted by Gasteiger charge is 2.38. The molecule has 0 amide bonds. The zero-order valence-electron chi connectivity index (χ0n) is 13.8. The number of hydrogen-bond donors (Lipinski definition) is 3. The zero-order valence-corrected chi connectivity index (χ0v) is 13.8. The third-order valence-electron chi connectivity index (χ3n) is 4.36. The number of benzene rings is 1. The molecule has 2 heterocycles. The van der Waals surface area contributed by atoms with Gasteiger partial charge in [0.15, 0.2) is 5.78 Å². The minimum absolute atomic E-state index is 0.0162. The number of aliphatic hydroxyl groups is 1. The standard InChI is InChI=1S/C17H21N5O2/c1-11(23)12-4-3-5-13(8-12)17(24)6-7-22(10-17)15-9-14(19-2)20-16(18)21-15/h3-5,8-9,24H,6-7,10H2,1-2H3,(H3,18,19,20,21). The molecule has 1 fully saturated rings. The minimum Gasteiger partial charge on any atom is -0.383 e. The monoisotopic (exact) mass is 327 g/mol. The first-order chi connectivity index (χ1) is 11.4. The van der Waals surface area contributed by atoms with E-state index in [-0.39, 0.29) is 11.7 Å². The number of hydrogen-bond acceptors (Lipinski definition) is 7. The first-order valence-corrected chi connectivity index (χ1v) is 7.82. The topological polar surface area (TPSA) is 104 Å². The number of rotatable bonds is 4. The van der Waals surface area contributed by atoms with Crippen LogP contribution >= 0.6 is 0 Å². The van der Waals surface area contributed by atoms with Gasteiger partial charge in [0, 0.05) is 25.2 Å². The molecule has 1 aromatic heterocycles. The normalized spacial score (nSPS) is 20.2. The number of nitrogens with one attached hydrogen (secondary N) is 1. The smallest absolute Gasteiger partial charge is 0.223 e. The second kappa shape index (κ2) is 6.09. The molecular formula is C17H21N5O2. The van der Waals surface area contributed by atoms with E-state index >= 15 is 0 Å². The van der Waals surface area contributed by atoms with Gasteiger partial charge in [-0.25, -0.2) is 0 Å². The average molecular weight is 327 g/mol. The number of aromatic nitrogens is 2. The van der Waals surface area contributed by atoms with Crippen molar-refractivity contribution in [3.8, 4) is 0 Å². The molecule has 24 heavy (non-hydrogen) atoms. The molecule has 0 spiro atoms. The van der Waals surface area contributed by atoms with Gasteiger partial charge in [0.25, 0.3) is 0 Å². The molecule has 126 valence electrons. The van der Waals surface area contributed by atoms with Crippen molar-refractivity contribution >= 4 is 23.4 Å².